The van der Waals surface area contributed by atoms with Crippen molar-refractivity contribution in [3.05, 3.63) is 21.8 Å². The molecule has 0 saturated heterocycles. The highest BCUT2D eigenvalue weighted by Gasteiger charge is 1.96. The maximum Gasteiger partial charge on any atom is 0.129 e. The number of phenolic OH excluding ortho intramolecular Hbond substituents is 1. The van der Waals surface area contributed by atoms with E-state index in [9.17, 15) is 0 Å². The molecular formula is C6H7IN2O. The molecule has 0 heterocycles. The van der Waals surface area contributed by atoms with E-state index in [1.54, 1.807) is 18.2 Å². The molecule has 0 unspecified atom stereocenters. The van der Waals surface area contributed by atoms with Gasteiger partial charge in [0, 0.05) is 5.69 Å². The van der Waals surface area contributed by atoms with Crippen LogP contribution in [0.4, 0.5) is 5.69 Å². The number of rotatable bonds is 1. The predicted molar refractivity (Wildman–Crippen MR) is 48.6 cm³/mol. The Bertz CT molecular complexity index is 239. The lowest BCUT2D eigenvalue weighted by atomic mass is 10.3. The number of benzene rings is 1. The highest BCUT2D eigenvalue weighted by atomic mass is 127. The molecule has 1 aromatic carbocycles. The molecule has 0 saturated carbocycles. The number of anilines is 1. The minimum atomic E-state index is 0.277. The van der Waals surface area contributed by atoms with Gasteiger partial charge in [0.15, 0.2) is 0 Å². The lowest BCUT2D eigenvalue weighted by Crippen LogP contribution is -2.06. The lowest BCUT2D eigenvalue weighted by molar-refractivity contribution is 0.471. The molecule has 0 amide bonds. The van der Waals surface area contributed by atoms with Gasteiger partial charge in [0.05, 0.1) is 3.57 Å². The molecule has 0 atom stereocenters. The number of hydrogen-bond donors (Lipinski definition) is 3. The van der Waals surface area contributed by atoms with Crippen molar-refractivity contribution in [1.82, 2.24) is 0 Å². The first kappa shape index (κ1) is 7.62. The van der Waals surface area contributed by atoms with Crippen molar-refractivity contribution in [2.75, 3.05) is 5.43 Å². The SMILES string of the molecule is NNc1ccc(O)c(I)c1. The molecule has 3 nitrogen and oxygen atoms in total. The van der Waals surface area contributed by atoms with Crippen molar-refractivity contribution in [3.63, 3.8) is 0 Å². The molecule has 4 N–H and O–H groups in total. The third-order valence-electron chi connectivity index (χ3n) is 1.11. The molecule has 54 valence electrons. The fourth-order valence-corrected chi connectivity index (χ4v) is 1.11. The molecule has 1 aromatic rings. The number of hydrazine groups is 1. The van der Waals surface area contributed by atoms with Crippen molar-refractivity contribution in [2.45, 2.75) is 0 Å². The maximum absolute atomic E-state index is 9.06. The van der Waals surface area contributed by atoms with E-state index >= 15 is 0 Å². The first-order valence-electron chi connectivity index (χ1n) is 2.69. The van der Waals surface area contributed by atoms with Crippen LogP contribution in [0.15, 0.2) is 18.2 Å². The van der Waals surface area contributed by atoms with Crippen LogP contribution in [0.3, 0.4) is 0 Å². The highest BCUT2D eigenvalue weighted by Crippen LogP contribution is 2.21. The fourth-order valence-electron chi connectivity index (χ4n) is 0.597. The second-order valence-electron chi connectivity index (χ2n) is 1.81. The van der Waals surface area contributed by atoms with Crippen molar-refractivity contribution in [2.24, 2.45) is 5.84 Å². The quantitative estimate of drug-likeness (QED) is 0.304. The van der Waals surface area contributed by atoms with Gasteiger partial charge in [-0.1, -0.05) is 0 Å². The molecule has 0 spiro atoms. The number of nitrogen functional groups attached to an aromatic ring is 1. The summed E-state index contributed by atoms with van der Waals surface area (Å²) in [6.45, 7) is 0. The standard InChI is InChI=1S/C6H7IN2O/c7-5-3-4(9-8)1-2-6(5)10/h1-3,9-10H,8H2. The van der Waals surface area contributed by atoms with E-state index in [-0.39, 0.29) is 5.75 Å². The largest absolute Gasteiger partial charge is 0.507 e. The smallest absolute Gasteiger partial charge is 0.129 e. The van der Waals surface area contributed by atoms with E-state index in [1.165, 1.54) is 0 Å². The van der Waals surface area contributed by atoms with Crippen molar-refractivity contribution >= 4 is 28.3 Å². The number of aromatic hydroxyl groups is 1. The van der Waals surface area contributed by atoms with E-state index < -0.39 is 0 Å². The van der Waals surface area contributed by atoms with Gasteiger partial charge in [-0.05, 0) is 40.8 Å². The summed E-state index contributed by atoms with van der Waals surface area (Å²) >= 11 is 2.03. The average molecular weight is 250 g/mol. The number of nitrogens with two attached hydrogens (primary N) is 1. The Morgan fingerprint density at radius 2 is 2.20 bits per heavy atom. The molecule has 4 heteroatoms. The van der Waals surface area contributed by atoms with Gasteiger partial charge in [-0.2, -0.15) is 0 Å². The molecule has 0 aliphatic heterocycles. The van der Waals surface area contributed by atoms with Crippen LogP contribution >= 0.6 is 22.6 Å². The second-order valence-corrected chi connectivity index (χ2v) is 2.97. The third kappa shape index (κ3) is 1.51. The minimum absolute atomic E-state index is 0.277. The molecule has 0 radical (unpaired) electrons. The summed E-state index contributed by atoms with van der Waals surface area (Å²) in [5.41, 5.74) is 3.27. The molecule has 0 bridgehead atoms. The van der Waals surface area contributed by atoms with Gasteiger partial charge in [-0.3, -0.25) is 5.84 Å². The maximum atomic E-state index is 9.06. The van der Waals surface area contributed by atoms with Gasteiger partial charge < -0.3 is 10.5 Å². The van der Waals surface area contributed by atoms with Gasteiger partial charge in [-0.15, -0.1) is 0 Å². The summed E-state index contributed by atoms with van der Waals surface area (Å²) in [5, 5.41) is 9.06. The molecule has 0 aliphatic carbocycles. The topological polar surface area (TPSA) is 58.3 Å². The van der Waals surface area contributed by atoms with E-state index in [2.05, 4.69) is 5.43 Å². The molecule has 0 fully saturated rings. The van der Waals surface area contributed by atoms with E-state index in [1.807, 2.05) is 22.6 Å². The summed E-state index contributed by atoms with van der Waals surface area (Å²) in [6, 6.07) is 5.06. The minimum Gasteiger partial charge on any atom is -0.507 e. The Labute approximate surface area is 72.3 Å². The Balaban J connectivity index is 3.04. The molecular weight excluding hydrogens is 243 g/mol. The summed E-state index contributed by atoms with van der Waals surface area (Å²) in [4.78, 5) is 0. The Morgan fingerprint density at radius 1 is 1.50 bits per heavy atom. The third-order valence-corrected chi connectivity index (χ3v) is 1.98. The van der Waals surface area contributed by atoms with Gasteiger partial charge in [0.2, 0.25) is 0 Å². The van der Waals surface area contributed by atoms with Crippen LogP contribution in [-0.4, -0.2) is 5.11 Å². The van der Waals surface area contributed by atoms with Crippen molar-refractivity contribution < 1.29 is 5.11 Å². The van der Waals surface area contributed by atoms with Crippen molar-refractivity contribution in [1.29, 1.82) is 0 Å². The zero-order valence-electron chi connectivity index (χ0n) is 5.13. The first-order valence-corrected chi connectivity index (χ1v) is 3.77. The zero-order chi connectivity index (χ0) is 7.56. The average Bonchev–Trinajstić information content (AvgIpc) is 1.95. The van der Waals surface area contributed by atoms with Gasteiger partial charge in [-0.25, -0.2) is 0 Å². The van der Waals surface area contributed by atoms with Crippen LogP contribution in [0.1, 0.15) is 0 Å². The van der Waals surface area contributed by atoms with Crippen molar-refractivity contribution in [3.8, 4) is 5.75 Å². The van der Waals surface area contributed by atoms with E-state index in [0.717, 1.165) is 9.26 Å². The van der Waals surface area contributed by atoms with Crippen LogP contribution in [0.2, 0.25) is 0 Å². The molecule has 1 rings (SSSR count). The van der Waals surface area contributed by atoms with Crippen LogP contribution in [0.5, 0.6) is 5.75 Å². The summed E-state index contributed by atoms with van der Waals surface area (Å²) in [7, 11) is 0. The predicted octanol–water partition coefficient (Wildman–Crippen LogP) is 1.28. The van der Waals surface area contributed by atoms with E-state index in [0.29, 0.717) is 0 Å². The number of phenols is 1. The number of nitrogens with one attached hydrogen (secondary N) is 1. The van der Waals surface area contributed by atoms with Gasteiger partial charge >= 0.3 is 0 Å². The molecule has 0 aromatic heterocycles. The van der Waals surface area contributed by atoms with E-state index in [4.69, 9.17) is 10.9 Å². The van der Waals surface area contributed by atoms with Gasteiger partial charge in [0.1, 0.15) is 5.75 Å². The van der Waals surface area contributed by atoms with Crippen LogP contribution in [0, 0.1) is 3.57 Å². The summed E-state index contributed by atoms with van der Waals surface area (Å²) in [6.07, 6.45) is 0. The highest BCUT2D eigenvalue weighted by molar-refractivity contribution is 14.1. The second kappa shape index (κ2) is 3.07. The van der Waals surface area contributed by atoms with Crippen LogP contribution in [-0.2, 0) is 0 Å². The summed E-state index contributed by atoms with van der Waals surface area (Å²) < 4.78 is 0.785. The Morgan fingerprint density at radius 3 is 2.70 bits per heavy atom. The lowest BCUT2D eigenvalue weighted by Gasteiger charge is -2.00. The van der Waals surface area contributed by atoms with Crippen LogP contribution in [0.25, 0.3) is 0 Å². The fraction of sp³-hybridized carbons (Fsp3) is 0. The monoisotopic (exact) mass is 250 g/mol. The molecule has 0 aliphatic rings. The Hall–Kier alpha value is -0.490. The number of hydrogen-bond acceptors (Lipinski definition) is 3. The number of halogens is 1. The normalized spacial score (nSPS) is 9.40. The zero-order valence-corrected chi connectivity index (χ0v) is 7.29. The molecule has 10 heavy (non-hydrogen) atoms. The first-order chi connectivity index (χ1) is 4.74. The summed E-state index contributed by atoms with van der Waals surface area (Å²) in [5.74, 6) is 5.41. The van der Waals surface area contributed by atoms with Crippen LogP contribution < -0.4 is 11.3 Å². The van der Waals surface area contributed by atoms with Gasteiger partial charge in [0.25, 0.3) is 0 Å². The Kier molecular flexibility index (Phi) is 2.34.